The van der Waals surface area contributed by atoms with Crippen LogP contribution >= 0.6 is 11.3 Å². The zero-order valence-electron chi connectivity index (χ0n) is 8.19. The van der Waals surface area contributed by atoms with Gasteiger partial charge in [0.25, 0.3) is 0 Å². The Morgan fingerprint density at radius 1 is 1.60 bits per heavy atom. The minimum absolute atomic E-state index is 0.137. The van der Waals surface area contributed by atoms with Crippen LogP contribution < -0.4 is 5.32 Å². The number of thiophene rings is 1. The summed E-state index contributed by atoms with van der Waals surface area (Å²) in [6.07, 6.45) is 1.72. The lowest BCUT2D eigenvalue weighted by Gasteiger charge is -2.04. The van der Waals surface area contributed by atoms with Gasteiger partial charge < -0.3 is 10.1 Å². The normalized spacial score (nSPS) is 10.2. The SMILES string of the molecule is COC(=O)CNc1nccc2sccc12. The van der Waals surface area contributed by atoms with Crippen LogP contribution in [0.15, 0.2) is 23.7 Å². The molecule has 0 saturated heterocycles. The molecule has 0 aliphatic rings. The number of nitrogens with zero attached hydrogens (tertiary/aromatic N) is 1. The Morgan fingerprint density at radius 2 is 2.47 bits per heavy atom. The number of pyridine rings is 1. The summed E-state index contributed by atoms with van der Waals surface area (Å²) in [4.78, 5) is 15.1. The molecule has 0 aliphatic heterocycles. The van der Waals surface area contributed by atoms with Gasteiger partial charge in [0.05, 0.1) is 7.11 Å². The van der Waals surface area contributed by atoms with E-state index in [9.17, 15) is 4.79 Å². The first-order valence-corrected chi connectivity index (χ1v) is 5.32. The van der Waals surface area contributed by atoms with Crippen molar-refractivity contribution in [3.05, 3.63) is 23.7 Å². The summed E-state index contributed by atoms with van der Waals surface area (Å²) in [5.41, 5.74) is 0. The van der Waals surface area contributed by atoms with Crippen LogP contribution in [0.1, 0.15) is 0 Å². The predicted octanol–water partition coefficient (Wildman–Crippen LogP) is 1.88. The number of ether oxygens (including phenoxy) is 1. The lowest BCUT2D eigenvalue weighted by molar-refractivity contribution is -0.138. The van der Waals surface area contributed by atoms with Crippen molar-refractivity contribution in [3.63, 3.8) is 0 Å². The average molecular weight is 222 g/mol. The van der Waals surface area contributed by atoms with Crippen LogP contribution in [0.4, 0.5) is 5.82 Å². The predicted molar refractivity (Wildman–Crippen MR) is 60.1 cm³/mol. The molecule has 0 fully saturated rings. The number of nitrogens with one attached hydrogen (secondary N) is 1. The van der Waals surface area contributed by atoms with Crippen molar-refractivity contribution >= 4 is 33.2 Å². The van der Waals surface area contributed by atoms with Gasteiger partial charge in [-0.2, -0.15) is 0 Å². The summed E-state index contributed by atoms with van der Waals surface area (Å²) in [5.74, 6) is 0.420. The number of carbonyl (C=O) groups is 1. The Morgan fingerprint density at radius 3 is 3.27 bits per heavy atom. The van der Waals surface area contributed by atoms with Crippen LogP contribution in [0.3, 0.4) is 0 Å². The van der Waals surface area contributed by atoms with E-state index >= 15 is 0 Å². The number of hydrogen-bond donors (Lipinski definition) is 1. The molecular formula is C10H10N2O2S. The number of aromatic nitrogens is 1. The van der Waals surface area contributed by atoms with E-state index in [4.69, 9.17) is 0 Å². The maximum Gasteiger partial charge on any atom is 0.325 e. The monoisotopic (exact) mass is 222 g/mol. The Balaban J connectivity index is 2.20. The van der Waals surface area contributed by atoms with Crippen molar-refractivity contribution in [2.45, 2.75) is 0 Å². The quantitative estimate of drug-likeness (QED) is 0.806. The van der Waals surface area contributed by atoms with Crippen molar-refractivity contribution < 1.29 is 9.53 Å². The van der Waals surface area contributed by atoms with Gasteiger partial charge in [0.2, 0.25) is 0 Å². The number of esters is 1. The van der Waals surface area contributed by atoms with E-state index in [2.05, 4.69) is 15.0 Å². The summed E-state index contributed by atoms with van der Waals surface area (Å²) in [6, 6.07) is 3.93. The Kier molecular flexibility index (Phi) is 2.82. The molecule has 1 N–H and O–H groups in total. The molecule has 2 aromatic heterocycles. The first-order chi connectivity index (χ1) is 7.31. The Bertz CT molecular complexity index is 481. The maximum absolute atomic E-state index is 10.9. The highest BCUT2D eigenvalue weighted by atomic mass is 32.1. The van der Waals surface area contributed by atoms with E-state index < -0.39 is 0 Å². The van der Waals surface area contributed by atoms with Gasteiger partial charge >= 0.3 is 5.97 Å². The zero-order valence-corrected chi connectivity index (χ0v) is 9.00. The van der Waals surface area contributed by atoms with Crippen molar-refractivity contribution in [3.8, 4) is 0 Å². The van der Waals surface area contributed by atoms with Gasteiger partial charge in [-0.3, -0.25) is 4.79 Å². The molecule has 0 spiro atoms. The van der Waals surface area contributed by atoms with Gasteiger partial charge in [-0.15, -0.1) is 11.3 Å². The van der Waals surface area contributed by atoms with Gasteiger partial charge in [-0.1, -0.05) is 0 Å². The van der Waals surface area contributed by atoms with Crippen LogP contribution in [0.5, 0.6) is 0 Å². The molecular weight excluding hydrogens is 212 g/mol. The van der Waals surface area contributed by atoms with Crippen molar-refractivity contribution in [1.82, 2.24) is 4.98 Å². The second-order valence-electron chi connectivity index (χ2n) is 2.92. The molecule has 0 saturated carbocycles. The highest BCUT2D eigenvalue weighted by Crippen LogP contribution is 2.25. The third-order valence-corrected chi connectivity index (χ3v) is 2.89. The summed E-state index contributed by atoms with van der Waals surface area (Å²) in [6.45, 7) is 0.137. The molecule has 0 unspecified atom stereocenters. The largest absolute Gasteiger partial charge is 0.468 e. The number of fused-ring (bicyclic) bond motifs is 1. The third kappa shape index (κ3) is 2.07. The summed E-state index contributed by atoms with van der Waals surface area (Å²) in [5, 5.41) is 5.97. The average Bonchev–Trinajstić information content (AvgIpc) is 2.74. The fourth-order valence-electron chi connectivity index (χ4n) is 1.26. The second kappa shape index (κ2) is 4.27. The molecule has 0 aliphatic carbocycles. The van der Waals surface area contributed by atoms with Crippen LogP contribution in [0, 0.1) is 0 Å². The number of hydrogen-bond acceptors (Lipinski definition) is 5. The van der Waals surface area contributed by atoms with Crippen LogP contribution in [0.25, 0.3) is 10.1 Å². The van der Waals surface area contributed by atoms with Crippen molar-refractivity contribution in [2.24, 2.45) is 0 Å². The topological polar surface area (TPSA) is 51.2 Å². The fourth-order valence-corrected chi connectivity index (χ4v) is 2.05. The van der Waals surface area contributed by atoms with E-state index in [-0.39, 0.29) is 12.5 Å². The van der Waals surface area contributed by atoms with Crippen LogP contribution in [0.2, 0.25) is 0 Å². The second-order valence-corrected chi connectivity index (χ2v) is 3.87. The molecule has 0 bridgehead atoms. The zero-order chi connectivity index (χ0) is 10.7. The minimum Gasteiger partial charge on any atom is -0.468 e. The van der Waals surface area contributed by atoms with Crippen LogP contribution in [-0.2, 0) is 9.53 Å². The molecule has 0 radical (unpaired) electrons. The molecule has 5 heteroatoms. The summed E-state index contributed by atoms with van der Waals surface area (Å²) < 4.78 is 5.69. The van der Waals surface area contributed by atoms with E-state index in [0.29, 0.717) is 0 Å². The fraction of sp³-hybridized carbons (Fsp3) is 0.200. The van der Waals surface area contributed by atoms with Gasteiger partial charge in [0.15, 0.2) is 0 Å². The molecule has 2 rings (SSSR count). The molecule has 0 amide bonds. The van der Waals surface area contributed by atoms with E-state index in [0.717, 1.165) is 15.9 Å². The highest BCUT2D eigenvalue weighted by molar-refractivity contribution is 7.17. The van der Waals surface area contributed by atoms with Gasteiger partial charge in [-0.05, 0) is 17.5 Å². The molecule has 2 aromatic rings. The standard InChI is InChI=1S/C10H10N2O2S/c1-14-9(13)6-12-10-7-3-5-15-8(7)2-4-11-10/h2-5H,6H2,1H3,(H,11,12). The summed E-state index contributed by atoms with van der Waals surface area (Å²) in [7, 11) is 1.36. The highest BCUT2D eigenvalue weighted by Gasteiger charge is 2.05. The molecule has 0 atom stereocenters. The minimum atomic E-state index is -0.302. The van der Waals surface area contributed by atoms with Crippen molar-refractivity contribution in [2.75, 3.05) is 19.0 Å². The molecule has 0 aromatic carbocycles. The molecule has 2 heterocycles. The third-order valence-electron chi connectivity index (χ3n) is 2.01. The first-order valence-electron chi connectivity index (χ1n) is 4.44. The molecule has 78 valence electrons. The summed E-state index contributed by atoms with van der Waals surface area (Å²) >= 11 is 1.65. The maximum atomic E-state index is 10.9. The van der Waals surface area contributed by atoms with Gasteiger partial charge in [0.1, 0.15) is 12.4 Å². The van der Waals surface area contributed by atoms with E-state index in [1.54, 1.807) is 17.5 Å². The van der Waals surface area contributed by atoms with Gasteiger partial charge in [-0.25, -0.2) is 4.98 Å². The van der Waals surface area contributed by atoms with Crippen LogP contribution in [-0.4, -0.2) is 24.6 Å². The van der Waals surface area contributed by atoms with E-state index in [1.807, 2.05) is 17.5 Å². The first kappa shape index (κ1) is 9.92. The number of anilines is 1. The lowest BCUT2D eigenvalue weighted by atomic mass is 10.3. The number of rotatable bonds is 3. The Hall–Kier alpha value is -1.62. The lowest BCUT2D eigenvalue weighted by Crippen LogP contribution is -2.15. The van der Waals surface area contributed by atoms with Crippen molar-refractivity contribution in [1.29, 1.82) is 0 Å². The smallest absolute Gasteiger partial charge is 0.325 e. The number of carbonyl (C=O) groups excluding carboxylic acids is 1. The van der Waals surface area contributed by atoms with Gasteiger partial charge in [0, 0.05) is 16.3 Å². The van der Waals surface area contributed by atoms with E-state index in [1.165, 1.54) is 7.11 Å². The molecule has 4 nitrogen and oxygen atoms in total. The number of methoxy groups -OCH3 is 1. The Labute approximate surface area is 90.9 Å². The molecule has 15 heavy (non-hydrogen) atoms.